The van der Waals surface area contributed by atoms with Crippen LogP contribution in [-0.2, 0) is 6.61 Å². The fraction of sp³-hybridized carbons (Fsp3) is 0.167. The summed E-state index contributed by atoms with van der Waals surface area (Å²) in [7, 11) is 0. The van der Waals surface area contributed by atoms with Gasteiger partial charge in [-0.05, 0) is 24.4 Å². The lowest BCUT2D eigenvalue weighted by molar-refractivity contribution is 0.296. The molecule has 0 spiro atoms. The number of ether oxygens (including phenoxy) is 1. The molecule has 2 rings (SSSR count). The molecule has 0 N–H and O–H groups in total. The Morgan fingerprint density at radius 2 is 2.38 bits per heavy atom. The highest BCUT2D eigenvalue weighted by Gasteiger charge is 2.01. The van der Waals surface area contributed by atoms with Gasteiger partial charge >= 0.3 is 0 Å². The van der Waals surface area contributed by atoms with E-state index < -0.39 is 0 Å². The van der Waals surface area contributed by atoms with Crippen molar-refractivity contribution in [2.45, 2.75) is 13.5 Å². The van der Waals surface area contributed by atoms with E-state index in [1.807, 2.05) is 24.4 Å². The number of thiophene rings is 1. The molecule has 2 heterocycles. The Hall–Kier alpha value is -1.86. The van der Waals surface area contributed by atoms with Gasteiger partial charge in [-0.2, -0.15) is 5.26 Å². The van der Waals surface area contributed by atoms with Crippen molar-refractivity contribution in [3.63, 3.8) is 0 Å². The summed E-state index contributed by atoms with van der Waals surface area (Å²) in [6.07, 6.45) is 0. The summed E-state index contributed by atoms with van der Waals surface area (Å²) < 4.78 is 5.52. The predicted molar refractivity (Wildman–Crippen MR) is 62.3 cm³/mol. The molecule has 0 amide bonds. The highest BCUT2D eigenvalue weighted by Crippen LogP contribution is 2.15. The van der Waals surface area contributed by atoms with Crippen LogP contribution >= 0.6 is 11.3 Å². The molecule has 16 heavy (non-hydrogen) atoms. The van der Waals surface area contributed by atoms with E-state index in [-0.39, 0.29) is 0 Å². The molecule has 3 nitrogen and oxygen atoms in total. The zero-order valence-corrected chi connectivity index (χ0v) is 9.62. The summed E-state index contributed by atoms with van der Waals surface area (Å²) in [4.78, 5) is 5.35. The standard InChI is InChI=1S/C12H10N2OS/c1-9-5-10(7-13)6-12(14-9)15-8-11-3-2-4-16-11/h2-6H,8H2,1H3. The lowest BCUT2D eigenvalue weighted by Gasteiger charge is -2.04. The fourth-order valence-electron chi connectivity index (χ4n) is 1.32. The van der Waals surface area contributed by atoms with E-state index in [1.54, 1.807) is 23.5 Å². The Balaban J connectivity index is 2.10. The zero-order chi connectivity index (χ0) is 11.4. The van der Waals surface area contributed by atoms with E-state index >= 15 is 0 Å². The maximum atomic E-state index is 8.81. The number of nitriles is 1. The van der Waals surface area contributed by atoms with Gasteiger partial charge in [0.2, 0.25) is 5.88 Å². The second kappa shape index (κ2) is 4.77. The van der Waals surface area contributed by atoms with Crippen LogP contribution in [0.4, 0.5) is 0 Å². The van der Waals surface area contributed by atoms with Crippen molar-refractivity contribution in [1.29, 1.82) is 5.26 Å². The molecule has 2 aromatic heterocycles. The van der Waals surface area contributed by atoms with Gasteiger partial charge in [0, 0.05) is 16.6 Å². The van der Waals surface area contributed by atoms with Crippen molar-refractivity contribution in [3.05, 3.63) is 45.8 Å². The molecule has 4 heteroatoms. The third kappa shape index (κ3) is 2.59. The van der Waals surface area contributed by atoms with E-state index in [0.29, 0.717) is 18.1 Å². The summed E-state index contributed by atoms with van der Waals surface area (Å²) in [6.45, 7) is 2.35. The molecule has 0 aliphatic carbocycles. The van der Waals surface area contributed by atoms with E-state index in [0.717, 1.165) is 10.6 Å². The third-order valence-electron chi connectivity index (χ3n) is 2.00. The third-order valence-corrected chi connectivity index (χ3v) is 2.85. The molecular weight excluding hydrogens is 220 g/mol. The molecule has 0 saturated heterocycles. The fourth-order valence-corrected chi connectivity index (χ4v) is 1.93. The second-order valence-corrected chi connectivity index (χ2v) is 4.35. The molecule has 2 aromatic rings. The number of hydrogen-bond donors (Lipinski definition) is 0. The van der Waals surface area contributed by atoms with E-state index in [2.05, 4.69) is 11.1 Å². The van der Waals surface area contributed by atoms with E-state index in [9.17, 15) is 0 Å². The lowest BCUT2D eigenvalue weighted by atomic mass is 10.2. The van der Waals surface area contributed by atoms with Crippen LogP contribution in [0.3, 0.4) is 0 Å². The molecule has 0 bridgehead atoms. The van der Waals surface area contributed by atoms with Crippen LogP contribution in [-0.4, -0.2) is 4.98 Å². The largest absolute Gasteiger partial charge is 0.472 e. The minimum atomic E-state index is 0.499. The minimum Gasteiger partial charge on any atom is -0.472 e. The first-order valence-electron chi connectivity index (χ1n) is 4.82. The number of aryl methyl sites for hydroxylation is 1. The SMILES string of the molecule is Cc1cc(C#N)cc(OCc2cccs2)n1. The van der Waals surface area contributed by atoms with Crippen LogP contribution in [0.15, 0.2) is 29.6 Å². The maximum absolute atomic E-state index is 8.81. The molecule has 0 saturated carbocycles. The van der Waals surface area contributed by atoms with Crippen LogP contribution in [0.25, 0.3) is 0 Å². The number of nitrogens with zero attached hydrogens (tertiary/aromatic N) is 2. The van der Waals surface area contributed by atoms with Crippen LogP contribution in [0, 0.1) is 18.3 Å². The predicted octanol–water partition coefficient (Wildman–Crippen LogP) is 2.90. The smallest absolute Gasteiger partial charge is 0.215 e. The number of aromatic nitrogens is 1. The molecule has 0 aliphatic heterocycles. The van der Waals surface area contributed by atoms with Crippen molar-refractivity contribution in [1.82, 2.24) is 4.98 Å². The van der Waals surface area contributed by atoms with Gasteiger partial charge in [-0.1, -0.05) is 6.07 Å². The van der Waals surface area contributed by atoms with Gasteiger partial charge in [-0.3, -0.25) is 0 Å². The number of hydrogen-bond acceptors (Lipinski definition) is 4. The van der Waals surface area contributed by atoms with Gasteiger partial charge < -0.3 is 4.74 Å². The molecule has 80 valence electrons. The van der Waals surface area contributed by atoms with Crippen molar-refractivity contribution in [2.75, 3.05) is 0 Å². The second-order valence-electron chi connectivity index (χ2n) is 3.32. The first kappa shape index (κ1) is 10.7. The van der Waals surface area contributed by atoms with Crippen molar-refractivity contribution < 1.29 is 4.74 Å². The summed E-state index contributed by atoms with van der Waals surface area (Å²) in [5, 5.41) is 10.8. The van der Waals surface area contributed by atoms with Crippen molar-refractivity contribution in [2.24, 2.45) is 0 Å². The molecule has 0 unspecified atom stereocenters. The first-order chi connectivity index (χ1) is 7.78. The molecule has 0 atom stereocenters. The quantitative estimate of drug-likeness (QED) is 0.814. The lowest BCUT2D eigenvalue weighted by Crippen LogP contribution is -1.97. The minimum absolute atomic E-state index is 0.499. The van der Waals surface area contributed by atoms with Gasteiger partial charge in [0.05, 0.1) is 11.6 Å². The molecular formula is C12H10N2OS. The summed E-state index contributed by atoms with van der Waals surface area (Å²) in [5.74, 6) is 0.505. The van der Waals surface area contributed by atoms with Gasteiger partial charge in [-0.25, -0.2) is 4.98 Å². The van der Waals surface area contributed by atoms with Crippen LogP contribution in [0.2, 0.25) is 0 Å². The monoisotopic (exact) mass is 230 g/mol. The van der Waals surface area contributed by atoms with Gasteiger partial charge in [0.1, 0.15) is 6.61 Å². The van der Waals surface area contributed by atoms with E-state index in [4.69, 9.17) is 10.00 Å². The molecule has 0 aromatic carbocycles. The maximum Gasteiger partial charge on any atom is 0.215 e. The van der Waals surface area contributed by atoms with Gasteiger partial charge in [0.25, 0.3) is 0 Å². The Morgan fingerprint density at radius 1 is 1.50 bits per heavy atom. The molecule has 0 aliphatic rings. The van der Waals surface area contributed by atoms with Gasteiger partial charge in [0.15, 0.2) is 0 Å². The summed E-state index contributed by atoms with van der Waals surface area (Å²) >= 11 is 1.64. The van der Waals surface area contributed by atoms with Crippen molar-refractivity contribution in [3.8, 4) is 11.9 Å². The Bertz CT molecular complexity index is 514. The Labute approximate surface area is 97.9 Å². The normalized spacial score (nSPS) is 9.75. The van der Waals surface area contributed by atoms with Crippen LogP contribution in [0.1, 0.15) is 16.1 Å². The molecule has 0 radical (unpaired) electrons. The summed E-state index contributed by atoms with van der Waals surface area (Å²) in [5.41, 5.74) is 1.37. The van der Waals surface area contributed by atoms with Gasteiger partial charge in [-0.15, -0.1) is 11.3 Å². The van der Waals surface area contributed by atoms with Crippen LogP contribution < -0.4 is 4.74 Å². The Kier molecular flexibility index (Phi) is 3.18. The topological polar surface area (TPSA) is 45.9 Å². The Morgan fingerprint density at radius 3 is 3.06 bits per heavy atom. The average Bonchev–Trinajstić information content (AvgIpc) is 2.78. The van der Waals surface area contributed by atoms with Crippen molar-refractivity contribution >= 4 is 11.3 Å². The number of pyridine rings is 1. The summed E-state index contributed by atoms with van der Waals surface area (Å²) in [6, 6.07) is 9.46. The molecule has 0 fully saturated rings. The number of rotatable bonds is 3. The first-order valence-corrected chi connectivity index (χ1v) is 5.70. The zero-order valence-electron chi connectivity index (χ0n) is 8.80. The van der Waals surface area contributed by atoms with Crippen LogP contribution in [0.5, 0.6) is 5.88 Å². The highest BCUT2D eigenvalue weighted by atomic mass is 32.1. The average molecular weight is 230 g/mol. The van der Waals surface area contributed by atoms with E-state index in [1.165, 1.54) is 0 Å². The highest BCUT2D eigenvalue weighted by molar-refractivity contribution is 7.09.